The number of nitrogens with two attached hydrogens (primary N) is 1. The first-order chi connectivity index (χ1) is 14.3. The molecular formula is C22H24N4O3S. The van der Waals surface area contributed by atoms with E-state index in [1.807, 2.05) is 43.3 Å². The second-order valence-corrected chi connectivity index (χ2v) is 9.37. The zero-order valence-electron chi connectivity index (χ0n) is 17.2. The van der Waals surface area contributed by atoms with Crippen LogP contribution < -0.4 is 10.5 Å². The molecule has 0 fully saturated rings. The van der Waals surface area contributed by atoms with Crippen LogP contribution >= 0.6 is 0 Å². The third-order valence-electron chi connectivity index (χ3n) is 5.50. The van der Waals surface area contributed by atoms with Crippen molar-refractivity contribution in [3.8, 4) is 17.3 Å². The summed E-state index contributed by atoms with van der Waals surface area (Å²) in [7, 11) is -1.88. The number of sulfonamides is 1. The zero-order chi connectivity index (χ0) is 21.5. The molecule has 3 aromatic rings. The van der Waals surface area contributed by atoms with Crippen molar-refractivity contribution in [2.45, 2.75) is 19.4 Å². The van der Waals surface area contributed by atoms with Crippen molar-refractivity contribution < 1.29 is 13.2 Å². The Labute approximate surface area is 176 Å². The minimum Gasteiger partial charge on any atom is -0.481 e. The topological polar surface area (TPSA) is 98.4 Å². The lowest BCUT2D eigenvalue weighted by atomic mass is 9.87. The summed E-state index contributed by atoms with van der Waals surface area (Å²) in [6.45, 7) is 2.35. The van der Waals surface area contributed by atoms with E-state index in [-0.39, 0.29) is 0 Å². The van der Waals surface area contributed by atoms with Crippen LogP contribution in [-0.4, -0.2) is 42.6 Å². The Balaban J connectivity index is 1.90. The van der Waals surface area contributed by atoms with E-state index in [0.717, 1.165) is 27.8 Å². The number of nitrogens with zero attached hydrogens (tertiary/aromatic N) is 3. The monoisotopic (exact) mass is 424 g/mol. The molecule has 1 aliphatic rings. The van der Waals surface area contributed by atoms with Crippen LogP contribution in [0.25, 0.3) is 11.4 Å². The van der Waals surface area contributed by atoms with Crippen molar-refractivity contribution >= 4 is 15.7 Å². The zero-order valence-corrected chi connectivity index (χ0v) is 18.0. The van der Waals surface area contributed by atoms with Crippen LogP contribution in [0.3, 0.4) is 0 Å². The highest BCUT2D eigenvalue weighted by molar-refractivity contribution is 7.88. The SMILES string of the molecule is COc1ccnc(-c2cc(C3c4cccc(N)c4CCN3S(C)(=O)=O)ccc2C)n1. The summed E-state index contributed by atoms with van der Waals surface area (Å²) in [5.41, 5.74) is 11.5. The van der Waals surface area contributed by atoms with Crippen LogP contribution in [0, 0.1) is 6.92 Å². The Morgan fingerprint density at radius 3 is 2.73 bits per heavy atom. The van der Waals surface area contributed by atoms with Gasteiger partial charge in [0.2, 0.25) is 15.9 Å². The molecule has 0 amide bonds. The third-order valence-corrected chi connectivity index (χ3v) is 6.74. The number of aromatic nitrogens is 2. The van der Waals surface area contributed by atoms with Crippen molar-refractivity contribution in [1.29, 1.82) is 0 Å². The van der Waals surface area contributed by atoms with Crippen LogP contribution in [0.15, 0.2) is 48.7 Å². The number of fused-ring (bicyclic) bond motifs is 1. The van der Waals surface area contributed by atoms with E-state index in [9.17, 15) is 8.42 Å². The van der Waals surface area contributed by atoms with Gasteiger partial charge >= 0.3 is 0 Å². The minimum atomic E-state index is -3.44. The summed E-state index contributed by atoms with van der Waals surface area (Å²) in [6, 6.07) is 12.8. The standard InChI is InChI=1S/C22H24N4O3S/c1-14-7-8-15(13-18(14)22-24-11-9-20(25-22)29-2)21-17-5-4-6-19(23)16(17)10-12-26(21)30(3,27)28/h4-9,11,13,21H,10,12,23H2,1-3H3. The Morgan fingerprint density at radius 2 is 2.00 bits per heavy atom. The fraction of sp³-hybridized carbons (Fsp3) is 0.273. The molecule has 2 heterocycles. The molecule has 1 atom stereocenters. The number of rotatable bonds is 4. The van der Waals surface area contributed by atoms with Gasteiger partial charge in [0.25, 0.3) is 0 Å². The van der Waals surface area contributed by atoms with Gasteiger partial charge in [0, 0.05) is 30.1 Å². The molecule has 8 heteroatoms. The fourth-order valence-electron chi connectivity index (χ4n) is 4.01. The second-order valence-electron chi connectivity index (χ2n) is 7.44. The average molecular weight is 425 g/mol. The van der Waals surface area contributed by atoms with Crippen molar-refractivity contribution in [3.05, 3.63) is 70.9 Å². The molecule has 30 heavy (non-hydrogen) atoms. The van der Waals surface area contributed by atoms with Crippen molar-refractivity contribution in [3.63, 3.8) is 0 Å². The number of hydrogen-bond donors (Lipinski definition) is 1. The lowest BCUT2D eigenvalue weighted by Crippen LogP contribution is -2.40. The molecule has 2 aromatic carbocycles. The summed E-state index contributed by atoms with van der Waals surface area (Å²) in [6.07, 6.45) is 3.48. The number of methoxy groups -OCH3 is 1. The van der Waals surface area contributed by atoms with Gasteiger partial charge in [-0.3, -0.25) is 0 Å². The summed E-state index contributed by atoms with van der Waals surface area (Å²) in [5.74, 6) is 1.00. The molecule has 0 radical (unpaired) electrons. The Morgan fingerprint density at radius 1 is 1.20 bits per heavy atom. The van der Waals surface area contributed by atoms with E-state index >= 15 is 0 Å². The summed E-state index contributed by atoms with van der Waals surface area (Å²) in [4.78, 5) is 8.84. The fourth-order valence-corrected chi connectivity index (χ4v) is 5.05. The maximum atomic E-state index is 12.6. The molecule has 1 aromatic heterocycles. The van der Waals surface area contributed by atoms with E-state index in [4.69, 9.17) is 10.5 Å². The maximum absolute atomic E-state index is 12.6. The molecule has 156 valence electrons. The first-order valence-electron chi connectivity index (χ1n) is 9.61. The van der Waals surface area contributed by atoms with E-state index in [1.54, 1.807) is 19.4 Å². The molecule has 0 bridgehead atoms. The first kappa shape index (κ1) is 20.3. The van der Waals surface area contributed by atoms with E-state index in [0.29, 0.717) is 30.4 Å². The lowest BCUT2D eigenvalue weighted by Gasteiger charge is -2.36. The van der Waals surface area contributed by atoms with E-state index in [1.165, 1.54) is 10.6 Å². The van der Waals surface area contributed by atoms with Crippen molar-refractivity contribution in [1.82, 2.24) is 14.3 Å². The Hall–Kier alpha value is -2.97. The van der Waals surface area contributed by atoms with Gasteiger partial charge in [0.1, 0.15) is 0 Å². The Kier molecular flexibility index (Phi) is 5.21. The number of benzene rings is 2. The highest BCUT2D eigenvalue weighted by Crippen LogP contribution is 2.40. The quantitative estimate of drug-likeness (QED) is 0.647. The number of ether oxygens (including phenoxy) is 1. The molecule has 7 nitrogen and oxygen atoms in total. The lowest BCUT2D eigenvalue weighted by molar-refractivity contribution is 0.347. The van der Waals surface area contributed by atoms with Crippen LogP contribution in [0.1, 0.15) is 28.3 Å². The smallest absolute Gasteiger partial charge is 0.216 e. The van der Waals surface area contributed by atoms with Gasteiger partial charge in [-0.15, -0.1) is 0 Å². The summed E-state index contributed by atoms with van der Waals surface area (Å²) < 4.78 is 32.0. The highest BCUT2D eigenvalue weighted by Gasteiger charge is 2.35. The van der Waals surface area contributed by atoms with Crippen LogP contribution in [0.4, 0.5) is 5.69 Å². The predicted octanol–water partition coefficient (Wildman–Crippen LogP) is 2.95. The number of aryl methyl sites for hydroxylation is 1. The highest BCUT2D eigenvalue weighted by atomic mass is 32.2. The molecule has 2 N–H and O–H groups in total. The van der Waals surface area contributed by atoms with Crippen molar-refractivity contribution in [2.24, 2.45) is 0 Å². The average Bonchev–Trinajstić information content (AvgIpc) is 2.73. The second kappa shape index (κ2) is 7.70. The summed E-state index contributed by atoms with van der Waals surface area (Å²) >= 11 is 0. The normalized spacial score (nSPS) is 16.8. The largest absolute Gasteiger partial charge is 0.481 e. The first-order valence-corrected chi connectivity index (χ1v) is 11.5. The molecule has 0 aliphatic carbocycles. The third kappa shape index (κ3) is 3.64. The van der Waals surface area contributed by atoms with Gasteiger partial charge in [0.15, 0.2) is 5.82 Å². The van der Waals surface area contributed by atoms with Crippen LogP contribution in [-0.2, 0) is 16.4 Å². The van der Waals surface area contributed by atoms with Crippen molar-refractivity contribution in [2.75, 3.05) is 25.6 Å². The number of anilines is 1. The van der Waals surface area contributed by atoms with Gasteiger partial charge in [0.05, 0.1) is 19.4 Å². The van der Waals surface area contributed by atoms with E-state index < -0.39 is 16.1 Å². The van der Waals surface area contributed by atoms with Gasteiger partial charge in [-0.25, -0.2) is 13.4 Å². The van der Waals surface area contributed by atoms with Gasteiger partial charge in [-0.1, -0.05) is 24.3 Å². The number of nitrogen functional groups attached to an aromatic ring is 1. The molecule has 4 rings (SSSR count). The van der Waals surface area contributed by atoms with E-state index in [2.05, 4.69) is 9.97 Å². The van der Waals surface area contributed by atoms with Gasteiger partial charge < -0.3 is 10.5 Å². The predicted molar refractivity (Wildman–Crippen MR) is 117 cm³/mol. The molecule has 0 saturated heterocycles. The van der Waals surface area contributed by atoms with Crippen LogP contribution in [0.5, 0.6) is 5.88 Å². The maximum Gasteiger partial charge on any atom is 0.216 e. The molecule has 0 saturated carbocycles. The van der Waals surface area contributed by atoms with Crippen LogP contribution in [0.2, 0.25) is 0 Å². The number of hydrogen-bond acceptors (Lipinski definition) is 6. The Bertz CT molecular complexity index is 1210. The molecule has 0 spiro atoms. The van der Waals surface area contributed by atoms with Gasteiger partial charge in [-0.05, 0) is 47.7 Å². The minimum absolute atomic E-state index is 0.379. The van der Waals surface area contributed by atoms with Gasteiger partial charge in [-0.2, -0.15) is 9.29 Å². The molecular weight excluding hydrogens is 400 g/mol. The summed E-state index contributed by atoms with van der Waals surface area (Å²) in [5, 5.41) is 0. The molecule has 1 unspecified atom stereocenters. The molecule has 1 aliphatic heterocycles.